The van der Waals surface area contributed by atoms with Gasteiger partial charge in [-0.15, -0.1) is 5.10 Å². The average Bonchev–Trinajstić information content (AvgIpc) is 3.43. The Balaban J connectivity index is 1.50. The first-order valence-electron chi connectivity index (χ1n) is 16.0. The first-order valence-corrected chi connectivity index (χ1v) is 17.8. The summed E-state index contributed by atoms with van der Waals surface area (Å²) < 4.78 is 35.2. The van der Waals surface area contributed by atoms with Gasteiger partial charge in [0.25, 0.3) is 0 Å². The maximum Gasteiger partial charge on any atom is 0.338 e. The number of anilines is 1. The lowest BCUT2D eigenvalue weighted by Crippen LogP contribution is -2.32. The average molecular weight is 702 g/mol. The number of halogens is 2. The molecule has 0 bridgehead atoms. The quantitative estimate of drug-likeness (QED) is 0.101. The van der Waals surface area contributed by atoms with E-state index in [9.17, 15) is 9.18 Å². The standard InChI is InChI=1S/C34H42BrFN4O4S/c1-4-6-7-13-18-43-31-26(35)19-24(20-28(31)42-5-2)30-29(32(41)44-25-15-9-8-10-16-25)22(3)37-33-38-34(39-40(30)33)45-21-23-14-11-12-17-27(23)36/h11-12,14,17,19-20,25,30H,4-10,13,15-16,18,21H2,1-3H3,(H,37,38,39). The smallest absolute Gasteiger partial charge is 0.338 e. The zero-order valence-electron chi connectivity index (χ0n) is 26.2. The molecule has 1 aliphatic heterocycles. The van der Waals surface area contributed by atoms with Crippen molar-refractivity contribution in [1.29, 1.82) is 0 Å². The van der Waals surface area contributed by atoms with Crippen molar-refractivity contribution in [2.45, 2.75) is 102 Å². The summed E-state index contributed by atoms with van der Waals surface area (Å²) >= 11 is 5.07. The van der Waals surface area contributed by atoms with Crippen LogP contribution in [0.5, 0.6) is 11.5 Å². The second-order valence-corrected chi connectivity index (χ2v) is 13.2. The second kappa shape index (κ2) is 16.0. The van der Waals surface area contributed by atoms with E-state index >= 15 is 0 Å². The molecular formula is C34H42BrFN4O4S. The molecule has 0 saturated heterocycles. The Bertz CT molecular complexity index is 1510. The highest BCUT2D eigenvalue weighted by Gasteiger charge is 2.37. The second-order valence-electron chi connectivity index (χ2n) is 11.4. The van der Waals surface area contributed by atoms with E-state index in [1.807, 2.05) is 32.0 Å². The van der Waals surface area contributed by atoms with Crippen LogP contribution in [-0.2, 0) is 15.3 Å². The molecule has 1 fully saturated rings. The third kappa shape index (κ3) is 8.22. The number of nitrogens with one attached hydrogen (secondary N) is 1. The summed E-state index contributed by atoms with van der Waals surface area (Å²) in [5.41, 5.74) is 2.46. The third-order valence-corrected chi connectivity index (χ3v) is 9.56. The number of esters is 1. The minimum atomic E-state index is -0.637. The van der Waals surface area contributed by atoms with Crippen LogP contribution in [0.3, 0.4) is 0 Å². The number of unbranched alkanes of at least 4 members (excludes halogenated alkanes) is 3. The molecule has 2 aliphatic rings. The van der Waals surface area contributed by atoms with Gasteiger partial charge in [-0.1, -0.05) is 62.6 Å². The van der Waals surface area contributed by atoms with Gasteiger partial charge in [-0.2, -0.15) is 4.98 Å². The first kappa shape index (κ1) is 33.3. The van der Waals surface area contributed by atoms with Crippen molar-refractivity contribution >= 4 is 39.6 Å². The van der Waals surface area contributed by atoms with E-state index < -0.39 is 6.04 Å². The van der Waals surface area contributed by atoms with Crippen molar-refractivity contribution in [3.63, 3.8) is 0 Å². The molecule has 11 heteroatoms. The summed E-state index contributed by atoms with van der Waals surface area (Å²) in [5, 5.41) is 8.58. The lowest BCUT2D eigenvalue weighted by atomic mass is 9.94. The number of nitrogens with zero attached hydrogens (tertiary/aromatic N) is 3. The van der Waals surface area contributed by atoms with Gasteiger partial charge in [-0.05, 0) is 91.2 Å². The number of fused-ring (bicyclic) bond motifs is 1. The summed E-state index contributed by atoms with van der Waals surface area (Å²) in [6, 6.07) is 9.93. The highest BCUT2D eigenvalue weighted by Crippen LogP contribution is 2.44. The molecular weight excluding hydrogens is 659 g/mol. The Morgan fingerprint density at radius 1 is 1.11 bits per heavy atom. The zero-order valence-corrected chi connectivity index (χ0v) is 28.6. The van der Waals surface area contributed by atoms with Gasteiger partial charge in [0.2, 0.25) is 11.1 Å². The van der Waals surface area contributed by atoms with Crippen LogP contribution in [0.25, 0.3) is 0 Å². The minimum Gasteiger partial charge on any atom is -0.490 e. The highest BCUT2D eigenvalue weighted by molar-refractivity contribution is 9.10. The van der Waals surface area contributed by atoms with E-state index in [0.717, 1.165) is 61.4 Å². The third-order valence-electron chi connectivity index (χ3n) is 8.09. The Hall–Kier alpha value is -3.05. The number of ether oxygens (including phenoxy) is 3. The van der Waals surface area contributed by atoms with Gasteiger partial charge in [-0.3, -0.25) is 0 Å². The zero-order chi connectivity index (χ0) is 31.8. The number of hydrogen-bond acceptors (Lipinski definition) is 8. The van der Waals surface area contributed by atoms with Crippen LogP contribution in [-0.4, -0.2) is 40.1 Å². The van der Waals surface area contributed by atoms with Gasteiger partial charge in [0, 0.05) is 11.4 Å². The van der Waals surface area contributed by atoms with Crippen LogP contribution in [0.2, 0.25) is 0 Å². The van der Waals surface area contributed by atoms with Gasteiger partial charge in [-0.25, -0.2) is 13.9 Å². The van der Waals surface area contributed by atoms with Crippen LogP contribution in [0.15, 0.2) is 57.3 Å². The summed E-state index contributed by atoms with van der Waals surface area (Å²) in [6.45, 7) is 7.01. The van der Waals surface area contributed by atoms with Crippen molar-refractivity contribution in [2.75, 3.05) is 18.5 Å². The van der Waals surface area contributed by atoms with Crippen molar-refractivity contribution in [1.82, 2.24) is 14.8 Å². The number of allylic oxidation sites excluding steroid dienone is 1. The number of aromatic nitrogens is 3. The molecule has 8 nitrogen and oxygen atoms in total. The van der Waals surface area contributed by atoms with Crippen LogP contribution in [0.1, 0.15) is 95.7 Å². The number of benzene rings is 2. The molecule has 242 valence electrons. The van der Waals surface area contributed by atoms with Crippen molar-refractivity contribution in [3.05, 3.63) is 69.1 Å². The van der Waals surface area contributed by atoms with E-state index in [1.165, 1.54) is 24.2 Å². The Morgan fingerprint density at radius 3 is 2.67 bits per heavy atom. The minimum absolute atomic E-state index is 0.106. The fourth-order valence-corrected chi connectivity index (χ4v) is 7.16. The van der Waals surface area contributed by atoms with Gasteiger partial charge in [0.1, 0.15) is 18.0 Å². The van der Waals surface area contributed by atoms with Crippen LogP contribution in [0, 0.1) is 5.82 Å². The summed E-state index contributed by atoms with van der Waals surface area (Å²) in [5.74, 6) is 1.45. The molecule has 0 radical (unpaired) electrons. The molecule has 2 aromatic carbocycles. The molecule has 5 rings (SSSR count). The monoisotopic (exact) mass is 700 g/mol. The van der Waals surface area contributed by atoms with E-state index in [4.69, 9.17) is 24.3 Å². The van der Waals surface area contributed by atoms with E-state index in [-0.39, 0.29) is 17.9 Å². The van der Waals surface area contributed by atoms with E-state index in [2.05, 4.69) is 28.2 Å². The molecule has 2 heterocycles. The summed E-state index contributed by atoms with van der Waals surface area (Å²) in [4.78, 5) is 18.6. The van der Waals surface area contributed by atoms with Gasteiger partial charge >= 0.3 is 5.97 Å². The molecule has 1 unspecified atom stereocenters. The Labute approximate surface area is 277 Å². The number of rotatable bonds is 14. The predicted molar refractivity (Wildman–Crippen MR) is 178 cm³/mol. The van der Waals surface area contributed by atoms with Gasteiger partial charge in [0.15, 0.2) is 11.5 Å². The van der Waals surface area contributed by atoms with Crippen LogP contribution >= 0.6 is 27.7 Å². The number of hydrogen-bond donors (Lipinski definition) is 1. The fraction of sp³-hybridized carbons (Fsp3) is 0.500. The first-order chi connectivity index (χ1) is 21.9. The maximum absolute atomic E-state index is 14.3. The number of carbonyl (C=O) groups is 1. The molecule has 0 spiro atoms. The largest absolute Gasteiger partial charge is 0.490 e. The van der Waals surface area contributed by atoms with Gasteiger partial charge < -0.3 is 19.5 Å². The molecule has 45 heavy (non-hydrogen) atoms. The topological polar surface area (TPSA) is 87.5 Å². The molecule has 3 aromatic rings. The lowest BCUT2D eigenvalue weighted by molar-refractivity contribution is -0.146. The molecule has 1 aromatic heterocycles. The normalized spacial score (nSPS) is 16.7. The number of carbonyl (C=O) groups excluding carboxylic acids is 1. The number of thioether (sulfide) groups is 1. The Morgan fingerprint density at radius 2 is 1.91 bits per heavy atom. The van der Waals surface area contributed by atoms with Gasteiger partial charge in [0.05, 0.1) is 23.3 Å². The molecule has 0 amide bonds. The Kier molecular flexibility index (Phi) is 11.8. The van der Waals surface area contributed by atoms with Crippen molar-refractivity contribution < 1.29 is 23.4 Å². The molecule has 1 aliphatic carbocycles. The predicted octanol–water partition coefficient (Wildman–Crippen LogP) is 8.99. The highest BCUT2D eigenvalue weighted by atomic mass is 79.9. The maximum atomic E-state index is 14.3. The van der Waals surface area contributed by atoms with E-state index in [1.54, 1.807) is 16.8 Å². The van der Waals surface area contributed by atoms with Crippen LogP contribution in [0.4, 0.5) is 10.3 Å². The SMILES string of the molecule is CCCCCCOc1c(Br)cc(C2C(C(=O)OC3CCCCC3)=C(C)Nc3nc(SCc4ccccc4F)nn32)cc1OCC. The van der Waals surface area contributed by atoms with Crippen LogP contribution < -0.4 is 14.8 Å². The van der Waals surface area contributed by atoms with Crippen molar-refractivity contribution in [3.8, 4) is 11.5 Å². The summed E-state index contributed by atoms with van der Waals surface area (Å²) in [7, 11) is 0. The molecule has 1 saturated carbocycles. The lowest BCUT2D eigenvalue weighted by Gasteiger charge is -2.30. The van der Waals surface area contributed by atoms with Crippen molar-refractivity contribution in [2.24, 2.45) is 0 Å². The van der Waals surface area contributed by atoms with E-state index in [0.29, 0.717) is 58.4 Å². The summed E-state index contributed by atoms with van der Waals surface area (Å²) in [6.07, 6.45) is 9.29. The molecule has 1 N–H and O–H groups in total. The fourth-order valence-electron chi connectivity index (χ4n) is 5.77. The molecule has 1 atom stereocenters.